The van der Waals surface area contributed by atoms with Crippen LogP contribution in [-0.2, 0) is 13.0 Å². The van der Waals surface area contributed by atoms with Gasteiger partial charge in [-0.25, -0.2) is 0 Å². The van der Waals surface area contributed by atoms with E-state index >= 15 is 0 Å². The minimum atomic E-state index is 0.0831. The van der Waals surface area contributed by atoms with E-state index in [2.05, 4.69) is 35.6 Å². The molecule has 0 atom stereocenters. The summed E-state index contributed by atoms with van der Waals surface area (Å²) in [7, 11) is 0. The molecule has 0 unspecified atom stereocenters. The minimum absolute atomic E-state index is 0.0831. The van der Waals surface area contributed by atoms with Crippen molar-refractivity contribution >= 4 is 17.5 Å². The standard InChI is InChI=1S/C22H24N4OS/c1-4-13-26-21(19-9-11-23-12-10-19)24-25-22(26)28-15-20(27)18-7-5-17(6-8-18)14-16(2)3/h4-12,16H,1,13-15H2,2-3H3. The van der Waals surface area contributed by atoms with Crippen molar-refractivity contribution in [1.82, 2.24) is 19.7 Å². The van der Waals surface area contributed by atoms with Gasteiger partial charge in [0.2, 0.25) is 0 Å². The molecule has 0 saturated heterocycles. The quantitative estimate of drug-likeness (QED) is 0.300. The van der Waals surface area contributed by atoms with Gasteiger partial charge >= 0.3 is 0 Å². The molecule has 0 aliphatic carbocycles. The highest BCUT2D eigenvalue weighted by Crippen LogP contribution is 2.24. The number of pyridine rings is 1. The average molecular weight is 393 g/mol. The average Bonchev–Trinajstić information content (AvgIpc) is 3.10. The van der Waals surface area contributed by atoms with Crippen molar-refractivity contribution in [3.05, 3.63) is 72.6 Å². The molecule has 2 heterocycles. The van der Waals surface area contributed by atoms with E-state index in [0.717, 1.165) is 23.4 Å². The molecule has 0 spiro atoms. The summed E-state index contributed by atoms with van der Waals surface area (Å²) < 4.78 is 1.96. The first-order chi connectivity index (χ1) is 13.6. The Hall–Kier alpha value is -2.73. The highest BCUT2D eigenvalue weighted by Gasteiger charge is 2.15. The van der Waals surface area contributed by atoms with E-state index in [1.807, 2.05) is 41.0 Å². The Labute approximate surface area is 169 Å². The Balaban J connectivity index is 1.71. The number of benzene rings is 1. The molecule has 1 aromatic carbocycles. The Morgan fingerprint density at radius 3 is 2.50 bits per heavy atom. The Morgan fingerprint density at radius 2 is 1.86 bits per heavy atom. The van der Waals surface area contributed by atoms with Crippen molar-refractivity contribution < 1.29 is 4.79 Å². The fourth-order valence-corrected chi connectivity index (χ4v) is 3.76. The fraction of sp³-hybridized carbons (Fsp3) is 0.273. The van der Waals surface area contributed by atoms with Crippen LogP contribution in [0.3, 0.4) is 0 Å². The molecule has 28 heavy (non-hydrogen) atoms. The summed E-state index contributed by atoms with van der Waals surface area (Å²) in [5.74, 6) is 1.74. The second-order valence-corrected chi connectivity index (χ2v) is 7.89. The molecule has 6 heteroatoms. The summed E-state index contributed by atoms with van der Waals surface area (Å²) in [5.41, 5.74) is 2.92. The summed E-state index contributed by atoms with van der Waals surface area (Å²) in [5, 5.41) is 9.28. The summed E-state index contributed by atoms with van der Waals surface area (Å²) in [4.78, 5) is 16.6. The van der Waals surface area contributed by atoms with Crippen molar-refractivity contribution in [2.24, 2.45) is 5.92 Å². The Morgan fingerprint density at radius 1 is 1.14 bits per heavy atom. The van der Waals surface area contributed by atoms with Gasteiger partial charge in [-0.15, -0.1) is 16.8 Å². The third-order valence-electron chi connectivity index (χ3n) is 4.22. The molecule has 0 saturated carbocycles. The summed E-state index contributed by atoms with van der Waals surface area (Å²) >= 11 is 1.40. The Bertz CT molecular complexity index is 933. The first kappa shape index (κ1) is 20.0. The molecule has 0 amide bonds. The molecular weight excluding hydrogens is 368 g/mol. The van der Waals surface area contributed by atoms with Gasteiger partial charge in [-0.05, 0) is 30.0 Å². The second-order valence-electron chi connectivity index (χ2n) is 6.95. The van der Waals surface area contributed by atoms with Gasteiger partial charge in [0.15, 0.2) is 16.8 Å². The smallest absolute Gasteiger partial charge is 0.192 e. The first-order valence-electron chi connectivity index (χ1n) is 9.28. The van der Waals surface area contributed by atoms with E-state index in [1.54, 1.807) is 18.5 Å². The number of hydrogen-bond acceptors (Lipinski definition) is 5. The number of Topliss-reactive ketones (excluding diaryl/α,β-unsaturated/α-hetero) is 1. The monoisotopic (exact) mass is 392 g/mol. The van der Waals surface area contributed by atoms with Crippen LogP contribution in [-0.4, -0.2) is 31.3 Å². The number of allylic oxidation sites excluding steroid dienone is 1. The van der Waals surface area contributed by atoms with E-state index in [-0.39, 0.29) is 5.78 Å². The van der Waals surface area contributed by atoms with Gasteiger partial charge in [0.1, 0.15) is 0 Å². The predicted octanol–water partition coefficient (Wildman–Crippen LogP) is 4.70. The molecule has 144 valence electrons. The lowest BCUT2D eigenvalue weighted by Crippen LogP contribution is -2.06. The lowest BCUT2D eigenvalue weighted by molar-refractivity contribution is 0.102. The van der Waals surface area contributed by atoms with Crippen molar-refractivity contribution in [3.63, 3.8) is 0 Å². The number of rotatable bonds is 9. The predicted molar refractivity (Wildman–Crippen MR) is 113 cm³/mol. The summed E-state index contributed by atoms with van der Waals surface area (Å²) in [6, 6.07) is 11.7. The molecule has 0 N–H and O–H groups in total. The molecule has 0 radical (unpaired) electrons. The molecule has 3 aromatic rings. The zero-order valence-corrected chi connectivity index (χ0v) is 17.0. The molecule has 0 aliphatic rings. The van der Waals surface area contributed by atoms with E-state index in [9.17, 15) is 4.79 Å². The maximum atomic E-state index is 12.6. The van der Waals surface area contributed by atoms with E-state index in [0.29, 0.717) is 23.4 Å². The van der Waals surface area contributed by atoms with Crippen LogP contribution < -0.4 is 0 Å². The van der Waals surface area contributed by atoms with Gasteiger partial charge in [-0.1, -0.05) is 56.0 Å². The molecule has 5 nitrogen and oxygen atoms in total. The minimum Gasteiger partial charge on any atom is -0.298 e. The lowest BCUT2D eigenvalue weighted by atomic mass is 10.0. The normalized spacial score (nSPS) is 11.0. The van der Waals surface area contributed by atoms with Crippen LogP contribution in [0.15, 0.2) is 66.6 Å². The highest BCUT2D eigenvalue weighted by molar-refractivity contribution is 7.99. The number of aromatic nitrogens is 4. The topological polar surface area (TPSA) is 60.7 Å². The van der Waals surface area contributed by atoms with Crippen molar-refractivity contribution in [2.45, 2.75) is 32.0 Å². The van der Waals surface area contributed by atoms with Gasteiger partial charge in [0, 0.05) is 30.1 Å². The third-order valence-corrected chi connectivity index (χ3v) is 5.19. The second kappa shape index (κ2) is 9.46. The van der Waals surface area contributed by atoms with Gasteiger partial charge in [-0.2, -0.15) is 0 Å². The van der Waals surface area contributed by atoms with Crippen LogP contribution in [0.4, 0.5) is 0 Å². The fourth-order valence-electron chi connectivity index (χ4n) is 2.92. The maximum absolute atomic E-state index is 12.6. The van der Waals surface area contributed by atoms with E-state index in [4.69, 9.17) is 0 Å². The van der Waals surface area contributed by atoms with Crippen molar-refractivity contribution in [2.75, 3.05) is 5.75 Å². The lowest BCUT2D eigenvalue weighted by Gasteiger charge is -2.08. The number of hydrogen-bond donors (Lipinski definition) is 0. The van der Waals surface area contributed by atoms with Gasteiger partial charge in [-0.3, -0.25) is 14.3 Å². The van der Waals surface area contributed by atoms with Crippen LogP contribution in [0.5, 0.6) is 0 Å². The summed E-state index contributed by atoms with van der Waals surface area (Å²) in [6.45, 7) is 8.77. The van der Waals surface area contributed by atoms with Crippen LogP contribution in [0.1, 0.15) is 29.8 Å². The van der Waals surface area contributed by atoms with Crippen molar-refractivity contribution in [1.29, 1.82) is 0 Å². The SMILES string of the molecule is C=CCn1c(SCC(=O)c2ccc(CC(C)C)cc2)nnc1-c1ccncc1. The zero-order chi connectivity index (χ0) is 19.9. The van der Waals surface area contributed by atoms with Gasteiger partial charge in [0.25, 0.3) is 0 Å². The number of thioether (sulfide) groups is 1. The Kier molecular flexibility index (Phi) is 6.76. The number of ketones is 1. The first-order valence-corrected chi connectivity index (χ1v) is 10.3. The third kappa shape index (κ3) is 4.95. The van der Waals surface area contributed by atoms with E-state index < -0.39 is 0 Å². The van der Waals surface area contributed by atoms with Crippen LogP contribution >= 0.6 is 11.8 Å². The number of nitrogens with zero attached hydrogens (tertiary/aromatic N) is 4. The molecule has 2 aromatic heterocycles. The number of carbonyl (C=O) groups is 1. The number of carbonyl (C=O) groups excluding carboxylic acids is 1. The van der Waals surface area contributed by atoms with Crippen LogP contribution in [0.25, 0.3) is 11.4 Å². The molecule has 0 aliphatic heterocycles. The van der Waals surface area contributed by atoms with Crippen molar-refractivity contribution in [3.8, 4) is 11.4 Å². The van der Waals surface area contributed by atoms with Crippen LogP contribution in [0.2, 0.25) is 0 Å². The summed E-state index contributed by atoms with van der Waals surface area (Å²) in [6.07, 6.45) is 6.27. The van der Waals surface area contributed by atoms with E-state index in [1.165, 1.54) is 17.3 Å². The van der Waals surface area contributed by atoms with Gasteiger partial charge in [0.05, 0.1) is 5.75 Å². The van der Waals surface area contributed by atoms with Gasteiger partial charge < -0.3 is 0 Å². The van der Waals surface area contributed by atoms with Crippen LogP contribution in [0, 0.1) is 5.92 Å². The zero-order valence-electron chi connectivity index (χ0n) is 16.2. The highest BCUT2D eigenvalue weighted by atomic mass is 32.2. The molecule has 3 rings (SSSR count). The largest absolute Gasteiger partial charge is 0.298 e. The molecule has 0 bridgehead atoms. The maximum Gasteiger partial charge on any atom is 0.192 e. The molecule has 0 fully saturated rings. The molecular formula is C22H24N4OS.